The third-order valence-corrected chi connectivity index (χ3v) is 3.60. The van der Waals surface area contributed by atoms with Gasteiger partial charge in [0.25, 0.3) is 0 Å². The molecule has 1 atom stereocenters. The van der Waals surface area contributed by atoms with Gasteiger partial charge < -0.3 is 10.5 Å². The van der Waals surface area contributed by atoms with Crippen LogP contribution in [0, 0.1) is 19.8 Å². The summed E-state index contributed by atoms with van der Waals surface area (Å²) in [6.07, 6.45) is 2.21. The van der Waals surface area contributed by atoms with Crippen LogP contribution in [0.3, 0.4) is 0 Å². The quantitative estimate of drug-likeness (QED) is 0.843. The summed E-state index contributed by atoms with van der Waals surface area (Å²) in [5.41, 5.74) is 10.0. The molecule has 0 spiro atoms. The van der Waals surface area contributed by atoms with E-state index in [-0.39, 0.29) is 6.04 Å². The number of hydrogen-bond donors (Lipinski definition) is 1. The number of nitrogens with two attached hydrogens (primary N) is 1. The van der Waals surface area contributed by atoms with Gasteiger partial charge in [-0.15, -0.1) is 0 Å². The van der Waals surface area contributed by atoms with Crippen LogP contribution in [0.5, 0.6) is 5.75 Å². The third kappa shape index (κ3) is 3.01. The minimum absolute atomic E-state index is 0.0700. The molecule has 17 heavy (non-hydrogen) atoms. The summed E-state index contributed by atoms with van der Waals surface area (Å²) in [5, 5.41) is 0. The van der Waals surface area contributed by atoms with Crippen LogP contribution in [0.4, 0.5) is 0 Å². The van der Waals surface area contributed by atoms with Crippen LogP contribution in [0.1, 0.15) is 49.4 Å². The maximum Gasteiger partial charge on any atom is 0.124 e. The summed E-state index contributed by atoms with van der Waals surface area (Å²) in [4.78, 5) is 0. The Balaban J connectivity index is 3.19. The molecule has 96 valence electrons. The molecule has 1 unspecified atom stereocenters. The fourth-order valence-electron chi connectivity index (χ4n) is 2.57. The Morgan fingerprint density at radius 3 is 2.24 bits per heavy atom. The number of hydrogen-bond acceptors (Lipinski definition) is 2. The van der Waals surface area contributed by atoms with Crippen LogP contribution < -0.4 is 10.5 Å². The van der Waals surface area contributed by atoms with Gasteiger partial charge in [-0.25, -0.2) is 0 Å². The SMILES string of the molecule is CCC(CC)C(N)c1c(C)cc(C)cc1OC. The molecule has 0 amide bonds. The molecule has 0 bridgehead atoms. The molecule has 0 saturated heterocycles. The van der Waals surface area contributed by atoms with Crippen LogP contribution >= 0.6 is 0 Å². The monoisotopic (exact) mass is 235 g/mol. The van der Waals surface area contributed by atoms with E-state index in [1.54, 1.807) is 7.11 Å². The number of rotatable bonds is 5. The highest BCUT2D eigenvalue weighted by molar-refractivity contribution is 5.45. The maximum atomic E-state index is 6.41. The lowest BCUT2D eigenvalue weighted by Crippen LogP contribution is -2.22. The summed E-state index contributed by atoms with van der Waals surface area (Å²) in [6.45, 7) is 8.60. The van der Waals surface area contributed by atoms with Crippen LogP contribution in [-0.2, 0) is 0 Å². The highest BCUT2D eigenvalue weighted by Crippen LogP contribution is 2.34. The van der Waals surface area contributed by atoms with E-state index in [0.717, 1.165) is 18.6 Å². The van der Waals surface area contributed by atoms with Crippen molar-refractivity contribution in [1.29, 1.82) is 0 Å². The van der Waals surface area contributed by atoms with Crippen molar-refractivity contribution < 1.29 is 4.74 Å². The Morgan fingerprint density at radius 1 is 1.18 bits per heavy atom. The van der Waals surface area contributed by atoms with Gasteiger partial charge in [0.2, 0.25) is 0 Å². The zero-order valence-electron chi connectivity index (χ0n) is 11.7. The number of aryl methyl sites for hydroxylation is 2. The predicted molar refractivity (Wildman–Crippen MR) is 73.5 cm³/mol. The average Bonchev–Trinajstić information content (AvgIpc) is 2.29. The van der Waals surface area contributed by atoms with E-state index in [2.05, 4.69) is 39.8 Å². The molecule has 0 fully saturated rings. The lowest BCUT2D eigenvalue weighted by atomic mass is 9.86. The second kappa shape index (κ2) is 6.06. The molecule has 2 nitrogen and oxygen atoms in total. The molecule has 2 N–H and O–H groups in total. The first kappa shape index (κ1) is 14.0. The number of methoxy groups -OCH3 is 1. The van der Waals surface area contributed by atoms with Gasteiger partial charge in [0.05, 0.1) is 7.11 Å². The highest BCUT2D eigenvalue weighted by Gasteiger charge is 2.21. The number of benzene rings is 1. The normalized spacial score (nSPS) is 12.9. The van der Waals surface area contributed by atoms with Gasteiger partial charge in [-0.05, 0) is 37.0 Å². The van der Waals surface area contributed by atoms with Gasteiger partial charge in [0, 0.05) is 11.6 Å². The molecule has 2 heteroatoms. The second-order valence-electron chi connectivity index (χ2n) is 4.80. The van der Waals surface area contributed by atoms with E-state index >= 15 is 0 Å². The standard InChI is InChI=1S/C15H25NO/c1-6-12(7-2)15(16)14-11(4)8-10(3)9-13(14)17-5/h8-9,12,15H,6-7,16H2,1-5H3. The third-order valence-electron chi connectivity index (χ3n) is 3.60. The van der Waals surface area contributed by atoms with Crippen molar-refractivity contribution in [1.82, 2.24) is 0 Å². The van der Waals surface area contributed by atoms with E-state index in [9.17, 15) is 0 Å². The first-order valence-corrected chi connectivity index (χ1v) is 6.45. The smallest absolute Gasteiger partial charge is 0.124 e. The topological polar surface area (TPSA) is 35.2 Å². The van der Waals surface area contributed by atoms with Crippen molar-refractivity contribution in [2.75, 3.05) is 7.11 Å². The van der Waals surface area contributed by atoms with E-state index in [0.29, 0.717) is 5.92 Å². The van der Waals surface area contributed by atoms with Crippen LogP contribution in [0.2, 0.25) is 0 Å². The summed E-state index contributed by atoms with van der Waals surface area (Å²) in [5.74, 6) is 1.45. The van der Waals surface area contributed by atoms with E-state index < -0.39 is 0 Å². The molecule has 1 rings (SSSR count). The van der Waals surface area contributed by atoms with Crippen LogP contribution in [0.25, 0.3) is 0 Å². The molecule has 0 saturated carbocycles. The molecule has 0 heterocycles. The molecule has 0 aliphatic rings. The van der Waals surface area contributed by atoms with Gasteiger partial charge in [0.15, 0.2) is 0 Å². The fourth-order valence-corrected chi connectivity index (χ4v) is 2.57. The fraction of sp³-hybridized carbons (Fsp3) is 0.600. The molecular weight excluding hydrogens is 210 g/mol. The van der Waals surface area contributed by atoms with Gasteiger partial charge in [-0.3, -0.25) is 0 Å². The molecule has 0 aliphatic heterocycles. The lowest BCUT2D eigenvalue weighted by molar-refractivity contribution is 0.370. The minimum Gasteiger partial charge on any atom is -0.496 e. The van der Waals surface area contributed by atoms with Crippen molar-refractivity contribution in [3.05, 3.63) is 28.8 Å². The Labute approximate surface area is 105 Å². The summed E-state index contributed by atoms with van der Waals surface area (Å²) >= 11 is 0. The van der Waals surface area contributed by atoms with Crippen molar-refractivity contribution >= 4 is 0 Å². The van der Waals surface area contributed by atoms with Gasteiger partial charge in [0.1, 0.15) is 5.75 Å². The van der Waals surface area contributed by atoms with Crippen LogP contribution in [-0.4, -0.2) is 7.11 Å². The Bertz CT molecular complexity index is 369. The Kier molecular flexibility index (Phi) is 5.01. The minimum atomic E-state index is 0.0700. The van der Waals surface area contributed by atoms with Crippen molar-refractivity contribution in [3.63, 3.8) is 0 Å². The molecule has 0 aromatic heterocycles. The molecular formula is C15H25NO. The van der Waals surface area contributed by atoms with Crippen molar-refractivity contribution in [2.45, 2.75) is 46.6 Å². The number of ether oxygens (including phenoxy) is 1. The molecule has 0 radical (unpaired) electrons. The molecule has 1 aromatic carbocycles. The first-order valence-electron chi connectivity index (χ1n) is 6.45. The Hall–Kier alpha value is -1.02. The van der Waals surface area contributed by atoms with Crippen molar-refractivity contribution in [3.8, 4) is 5.75 Å². The van der Waals surface area contributed by atoms with E-state index in [1.165, 1.54) is 16.7 Å². The Morgan fingerprint density at radius 2 is 1.76 bits per heavy atom. The lowest BCUT2D eigenvalue weighted by Gasteiger charge is -2.25. The highest BCUT2D eigenvalue weighted by atomic mass is 16.5. The second-order valence-corrected chi connectivity index (χ2v) is 4.80. The molecule has 0 aliphatic carbocycles. The zero-order chi connectivity index (χ0) is 13.0. The van der Waals surface area contributed by atoms with Gasteiger partial charge in [-0.2, -0.15) is 0 Å². The van der Waals surface area contributed by atoms with Crippen molar-refractivity contribution in [2.24, 2.45) is 11.7 Å². The largest absolute Gasteiger partial charge is 0.496 e. The van der Waals surface area contributed by atoms with E-state index in [4.69, 9.17) is 10.5 Å². The van der Waals surface area contributed by atoms with E-state index in [1.807, 2.05) is 0 Å². The zero-order valence-corrected chi connectivity index (χ0v) is 11.7. The summed E-state index contributed by atoms with van der Waals surface area (Å²) < 4.78 is 5.49. The predicted octanol–water partition coefficient (Wildman–Crippen LogP) is 3.75. The van der Waals surface area contributed by atoms with Gasteiger partial charge >= 0.3 is 0 Å². The summed E-state index contributed by atoms with van der Waals surface area (Å²) in [7, 11) is 1.72. The first-order chi connectivity index (χ1) is 8.04. The van der Waals surface area contributed by atoms with Gasteiger partial charge in [-0.1, -0.05) is 32.8 Å². The molecule has 1 aromatic rings. The van der Waals surface area contributed by atoms with Crippen LogP contribution in [0.15, 0.2) is 12.1 Å². The average molecular weight is 235 g/mol. The summed E-state index contributed by atoms with van der Waals surface area (Å²) in [6, 6.07) is 4.32. The maximum absolute atomic E-state index is 6.41.